The van der Waals surface area contributed by atoms with Crippen LogP contribution in [0.4, 0.5) is 0 Å². The first-order valence-electron chi connectivity index (χ1n) is 22.4. The summed E-state index contributed by atoms with van der Waals surface area (Å²) in [5.41, 5.74) is 18.8. The Morgan fingerprint density at radius 2 is 1.08 bits per heavy atom. The molecule has 2 heterocycles. The SMILES string of the molecule is C1=CCCC(C2=CC=CC(n3c4ccccc4c4cc(-c5ccc6c7ccccc7n(-c7cccc(C8(c9ccccc9)c9ccccc9-c9ccccc98)c7)c6c5)ccc43)C2)=C1. The standard InChI is InChI=1S/C61H44N2/c1-3-17-41(18-4-1)42-19-15-23-47(37-42)62-58-32-14-10-28-52(58)54-38-43(34-36-59(54)62)44-33-35-53-51-27-9-13-31-57(51)63(60(53)39-44)48-24-16-22-46(40-48)61(45-20-5-2-6-21-45)55-29-11-7-25-49(55)50-26-8-12-30-56(50)61/h1-3,5-17,19-36,38-40,47H,4,18,37H2. The van der Waals surface area contributed by atoms with E-state index in [2.05, 4.69) is 234 Å². The van der Waals surface area contributed by atoms with Gasteiger partial charge in [-0.2, -0.15) is 0 Å². The van der Waals surface area contributed by atoms with Gasteiger partial charge in [-0.3, -0.25) is 0 Å². The summed E-state index contributed by atoms with van der Waals surface area (Å²) in [4.78, 5) is 0. The first kappa shape index (κ1) is 36.0. The molecular formula is C61H44N2. The van der Waals surface area contributed by atoms with Crippen LogP contribution >= 0.6 is 0 Å². The molecule has 2 nitrogen and oxygen atoms in total. The lowest BCUT2D eigenvalue weighted by Gasteiger charge is -2.34. The van der Waals surface area contributed by atoms with E-state index in [1.165, 1.54) is 99.3 Å². The number of aromatic nitrogens is 2. The highest BCUT2D eigenvalue weighted by atomic mass is 15.0. The summed E-state index contributed by atoms with van der Waals surface area (Å²) in [6.07, 6.45) is 17.0. The Kier molecular flexibility index (Phi) is 8.11. The fourth-order valence-electron chi connectivity index (χ4n) is 11.5. The van der Waals surface area contributed by atoms with E-state index < -0.39 is 5.41 Å². The number of para-hydroxylation sites is 2. The van der Waals surface area contributed by atoms with Crippen LogP contribution in [-0.4, -0.2) is 9.13 Å². The first-order chi connectivity index (χ1) is 31.3. The molecule has 1 unspecified atom stereocenters. The van der Waals surface area contributed by atoms with Crippen LogP contribution in [0.5, 0.6) is 0 Å². The van der Waals surface area contributed by atoms with Gasteiger partial charge in [0.25, 0.3) is 0 Å². The van der Waals surface area contributed by atoms with Crippen LogP contribution in [0.2, 0.25) is 0 Å². The second-order valence-corrected chi connectivity index (χ2v) is 17.5. The third-order valence-electron chi connectivity index (χ3n) is 14.2. The highest BCUT2D eigenvalue weighted by Crippen LogP contribution is 2.56. The van der Waals surface area contributed by atoms with Gasteiger partial charge < -0.3 is 9.13 Å². The Morgan fingerprint density at radius 1 is 0.444 bits per heavy atom. The van der Waals surface area contributed by atoms with E-state index in [1.807, 2.05) is 0 Å². The van der Waals surface area contributed by atoms with Crippen molar-refractivity contribution >= 4 is 43.6 Å². The molecule has 298 valence electrons. The maximum Gasteiger partial charge on any atom is 0.0714 e. The molecule has 0 fully saturated rings. The summed E-state index contributed by atoms with van der Waals surface area (Å²) >= 11 is 0. The number of hydrogen-bond acceptors (Lipinski definition) is 0. The van der Waals surface area contributed by atoms with Crippen molar-refractivity contribution in [3.8, 4) is 27.9 Å². The van der Waals surface area contributed by atoms with Crippen LogP contribution in [0.15, 0.2) is 236 Å². The summed E-state index contributed by atoms with van der Waals surface area (Å²) in [6.45, 7) is 0. The van der Waals surface area contributed by atoms with E-state index in [1.54, 1.807) is 0 Å². The van der Waals surface area contributed by atoms with Crippen LogP contribution in [-0.2, 0) is 5.41 Å². The lowest BCUT2D eigenvalue weighted by molar-refractivity contribution is 0.629. The van der Waals surface area contributed by atoms with E-state index in [4.69, 9.17) is 0 Å². The summed E-state index contributed by atoms with van der Waals surface area (Å²) < 4.78 is 5.07. The van der Waals surface area contributed by atoms with Gasteiger partial charge in [0.2, 0.25) is 0 Å². The molecule has 0 radical (unpaired) electrons. The number of hydrogen-bond donors (Lipinski definition) is 0. The minimum absolute atomic E-state index is 0.250. The molecular weight excluding hydrogens is 761 g/mol. The summed E-state index contributed by atoms with van der Waals surface area (Å²) in [5.74, 6) is 0. The molecule has 1 atom stereocenters. The molecule has 0 aliphatic heterocycles. The summed E-state index contributed by atoms with van der Waals surface area (Å²) in [6, 6.07) is 70.8. The number of fused-ring (bicyclic) bond motifs is 9. The second-order valence-electron chi connectivity index (χ2n) is 17.5. The van der Waals surface area contributed by atoms with Gasteiger partial charge in [-0.05, 0) is 117 Å². The average molecular weight is 805 g/mol. The Morgan fingerprint density at radius 3 is 1.87 bits per heavy atom. The highest BCUT2D eigenvalue weighted by Gasteiger charge is 2.46. The zero-order chi connectivity index (χ0) is 41.5. The average Bonchev–Trinajstić information content (AvgIpc) is 3.98. The van der Waals surface area contributed by atoms with Crippen molar-refractivity contribution in [2.24, 2.45) is 0 Å². The molecule has 10 aromatic rings. The molecule has 0 saturated carbocycles. The molecule has 8 aromatic carbocycles. The molecule has 3 aliphatic carbocycles. The van der Waals surface area contributed by atoms with Crippen molar-refractivity contribution in [3.05, 3.63) is 258 Å². The van der Waals surface area contributed by atoms with Crippen molar-refractivity contribution in [2.75, 3.05) is 0 Å². The fraction of sp³-hybridized carbons (Fsp3) is 0.0820. The van der Waals surface area contributed by atoms with E-state index in [9.17, 15) is 0 Å². The van der Waals surface area contributed by atoms with Crippen LogP contribution in [0, 0.1) is 0 Å². The lowest BCUT2D eigenvalue weighted by Crippen LogP contribution is -2.28. The topological polar surface area (TPSA) is 9.86 Å². The number of benzene rings is 8. The summed E-state index contributed by atoms with van der Waals surface area (Å²) in [5, 5.41) is 5.10. The van der Waals surface area contributed by atoms with Crippen molar-refractivity contribution < 1.29 is 0 Å². The van der Waals surface area contributed by atoms with Crippen LogP contribution < -0.4 is 0 Å². The number of nitrogens with zero attached hydrogens (tertiary/aromatic N) is 2. The van der Waals surface area contributed by atoms with Crippen LogP contribution in [0.1, 0.15) is 47.6 Å². The van der Waals surface area contributed by atoms with Gasteiger partial charge in [-0.15, -0.1) is 0 Å². The quantitative estimate of drug-likeness (QED) is 0.158. The monoisotopic (exact) mass is 804 g/mol. The molecule has 2 aromatic heterocycles. The van der Waals surface area contributed by atoms with E-state index in [-0.39, 0.29) is 6.04 Å². The Hall–Kier alpha value is -7.68. The van der Waals surface area contributed by atoms with Crippen LogP contribution in [0.3, 0.4) is 0 Å². The molecule has 0 bridgehead atoms. The minimum Gasteiger partial charge on any atom is -0.333 e. The highest BCUT2D eigenvalue weighted by molar-refractivity contribution is 6.12. The van der Waals surface area contributed by atoms with Gasteiger partial charge in [-0.25, -0.2) is 0 Å². The number of rotatable bonds is 6. The van der Waals surface area contributed by atoms with Gasteiger partial charge in [0.05, 0.1) is 22.5 Å². The van der Waals surface area contributed by atoms with Crippen molar-refractivity contribution in [3.63, 3.8) is 0 Å². The van der Waals surface area contributed by atoms with E-state index >= 15 is 0 Å². The molecule has 13 rings (SSSR count). The smallest absolute Gasteiger partial charge is 0.0714 e. The molecule has 0 saturated heterocycles. The Balaban J connectivity index is 0.972. The van der Waals surface area contributed by atoms with Gasteiger partial charge >= 0.3 is 0 Å². The zero-order valence-corrected chi connectivity index (χ0v) is 35.0. The third kappa shape index (κ3) is 5.38. The van der Waals surface area contributed by atoms with E-state index in [0.717, 1.165) is 24.9 Å². The normalized spacial score (nSPS) is 16.4. The lowest BCUT2D eigenvalue weighted by atomic mass is 9.67. The predicted octanol–water partition coefficient (Wildman–Crippen LogP) is 15.6. The predicted molar refractivity (Wildman–Crippen MR) is 264 cm³/mol. The fourth-order valence-corrected chi connectivity index (χ4v) is 11.5. The zero-order valence-electron chi connectivity index (χ0n) is 35.0. The molecule has 2 heteroatoms. The van der Waals surface area contributed by atoms with Crippen molar-refractivity contribution in [2.45, 2.75) is 30.7 Å². The third-order valence-corrected chi connectivity index (χ3v) is 14.2. The van der Waals surface area contributed by atoms with Gasteiger partial charge in [-0.1, -0.05) is 182 Å². The summed E-state index contributed by atoms with van der Waals surface area (Å²) in [7, 11) is 0. The molecule has 3 aliphatic rings. The molecule has 0 amide bonds. The van der Waals surface area contributed by atoms with Crippen molar-refractivity contribution in [1.82, 2.24) is 9.13 Å². The van der Waals surface area contributed by atoms with Crippen molar-refractivity contribution in [1.29, 1.82) is 0 Å². The van der Waals surface area contributed by atoms with Gasteiger partial charge in [0.1, 0.15) is 0 Å². The first-order valence-corrected chi connectivity index (χ1v) is 22.4. The minimum atomic E-state index is -0.473. The van der Waals surface area contributed by atoms with Crippen LogP contribution in [0.25, 0.3) is 71.6 Å². The maximum atomic E-state index is 2.58. The van der Waals surface area contributed by atoms with Gasteiger partial charge in [0.15, 0.2) is 0 Å². The molecule has 63 heavy (non-hydrogen) atoms. The number of allylic oxidation sites excluding steroid dienone is 8. The Bertz CT molecular complexity index is 3560. The largest absolute Gasteiger partial charge is 0.333 e. The van der Waals surface area contributed by atoms with Gasteiger partial charge in [0, 0.05) is 38.3 Å². The maximum absolute atomic E-state index is 2.58. The second kappa shape index (κ2) is 14.2. The molecule has 0 spiro atoms. The Labute approximate surface area is 367 Å². The molecule has 0 N–H and O–H groups in total. The van der Waals surface area contributed by atoms with E-state index in [0.29, 0.717) is 0 Å².